The maximum absolute atomic E-state index is 11.3. The zero-order valence-electron chi connectivity index (χ0n) is 12.1. The van der Waals surface area contributed by atoms with Crippen molar-refractivity contribution in [2.45, 2.75) is 43.1 Å². The van der Waals surface area contributed by atoms with Gasteiger partial charge in [0, 0.05) is 6.54 Å². The molecule has 1 N–H and O–H groups in total. The van der Waals surface area contributed by atoms with Gasteiger partial charge >= 0.3 is 0 Å². The summed E-state index contributed by atoms with van der Waals surface area (Å²) in [5.41, 5.74) is 0.697. The molecule has 1 aliphatic carbocycles. The van der Waals surface area contributed by atoms with Crippen LogP contribution in [0.15, 0.2) is 24.3 Å². The first-order valence-electron chi connectivity index (χ1n) is 7.52. The molecule has 0 aromatic heterocycles. The van der Waals surface area contributed by atoms with Gasteiger partial charge in [-0.15, -0.1) is 0 Å². The Hall–Kier alpha value is -1.37. The molecule has 0 amide bonds. The van der Waals surface area contributed by atoms with Crippen LogP contribution in [0.3, 0.4) is 0 Å². The first kappa shape index (κ1) is 13.6. The van der Waals surface area contributed by atoms with Crippen molar-refractivity contribution in [1.82, 2.24) is 4.90 Å². The second-order valence-electron chi connectivity index (χ2n) is 6.36. The number of aryl methyl sites for hydroxylation is 1. The van der Waals surface area contributed by atoms with E-state index in [9.17, 15) is 10.4 Å². The van der Waals surface area contributed by atoms with Crippen LogP contribution in [-0.2, 0) is 11.8 Å². The normalized spacial score (nSPS) is 34.2. The fraction of sp³-hybridized carbons (Fsp3) is 0.588. The van der Waals surface area contributed by atoms with Gasteiger partial charge in [-0.05, 0) is 56.8 Å². The summed E-state index contributed by atoms with van der Waals surface area (Å²) in [4.78, 5) is 2.25. The SMILES string of the molecule is CN1CCCC(O)(C2(C#N)CCc3ccccc32)CC1. The van der Waals surface area contributed by atoms with Crippen molar-refractivity contribution in [3.8, 4) is 6.07 Å². The van der Waals surface area contributed by atoms with Crippen molar-refractivity contribution >= 4 is 0 Å². The summed E-state index contributed by atoms with van der Waals surface area (Å²) in [6.07, 6.45) is 4.02. The maximum atomic E-state index is 11.3. The van der Waals surface area contributed by atoms with Crippen LogP contribution in [0.4, 0.5) is 0 Å². The number of likely N-dealkylation sites (tertiary alicyclic amines) is 1. The quantitative estimate of drug-likeness (QED) is 0.851. The Balaban J connectivity index is 2.04. The summed E-state index contributed by atoms with van der Waals surface area (Å²) in [5.74, 6) is 0. The van der Waals surface area contributed by atoms with Crippen molar-refractivity contribution in [3.05, 3.63) is 35.4 Å². The highest BCUT2D eigenvalue weighted by molar-refractivity contribution is 5.47. The molecule has 2 aliphatic rings. The first-order valence-corrected chi connectivity index (χ1v) is 7.52. The van der Waals surface area contributed by atoms with Crippen molar-refractivity contribution < 1.29 is 5.11 Å². The number of nitriles is 1. The minimum Gasteiger partial charge on any atom is -0.388 e. The van der Waals surface area contributed by atoms with E-state index in [-0.39, 0.29) is 0 Å². The molecule has 0 bridgehead atoms. The molecule has 3 nitrogen and oxygen atoms in total. The van der Waals surface area contributed by atoms with Gasteiger partial charge in [-0.2, -0.15) is 5.26 Å². The summed E-state index contributed by atoms with van der Waals surface area (Å²) in [6.45, 7) is 1.87. The van der Waals surface area contributed by atoms with Crippen LogP contribution in [0, 0.1) is 11.3 Å². The standard InChI is InChI=1S/C17H22N2O/c1-19-11-4-8-17(20,10-12-19)16(13-18)9-7-14-5-2-3-6-15(14)16/h2-3,5-6,20H,4,7-12H2,1H3. The molecule has 1 aliphatic heterocycles. The van der Waals surface area contributed by atoms with Crippen molar-refractivity contribution in [2.75, 3.05) is 20.1 Å². The lowest BCUT2D eigenvalue weighted by Gasteiger charge is -2.40. The Kier molecular flexibility index (Phi) is 3.32. The lowest BCUT2D eigenvalue weighted by atomic mass is 9.65. The van der Waals surface area contributed by atoms with Gasteiger partial charge in [-0.1, -0.05) is 24.3 Å². The van der Waals surface area contributed by atoms with Gasteiger partial charge in [-0.25, -0.2) is 0 Å². The van der Waals surface area contributed by atoms with Gasteiger partial charge in [0.25, 0.3) is 0 Å². The molecule has 106 valence electrons. The van der Waals surface area contributed by atoms with Gasteiger partial charge in [-0.3, -0.25) is 0 Å². The fourth-order valence-electron chi connectivity index (χ4n) is 4.00. The number of rotatable bonds is 1. The topological polar surface area (TPSA) is 47.3 Å². The highest BCUT2D eigenvalue weighted by Crippen LogP contribution is 2.49. The van der Waals surface area contributed by atoms with Gasteiger partial charge in [0.1, 0.15) is 5.41 Å². The first-order chi connectivity index (χ1) is 9.61. The molecule has 1 aromatic rings. The van der Waals surface area contributed by atoms with E-state index in [0.29, 0.717) is 6.42 Å². The molecule has 3 rings (SSSR count). The molecular formula is C17H22N2O. The predicted molar refractivity (Wildman–Crippen MR) is 78.4 cm³/mol. The number of fused-ring (bicyclic) bond motifs is 1. The molecule has 0 radical (unpaired) electrons. The van der Waals surface area contributed by atoms with Gasteiger partial charge in [0.05, 0.1) is 11.7 Å². The van der Waals surface area contributed by atoms with Crippen LogP contribution in [0.1, 0.15) is 36.8 Å². The highest BCUT2D eigenvalue weighted by Gasteiger charge is 2.54. The molecule has 1 saturated heterocycles. The average molecular weight is 270 g/mol. The molecule has 3 heteroatoms. The molecule has 1 aromatic carbocycles. The third-order valence-electron chi connectivity index (χ3n) is 5.27. The van der Waals surface area contributed by atoms with Crippen LogP contribution in [-0.4, -0.2) is 35.7 Å². The Morgan fingerprint density at radius 2 is 2.00 bits per heavy atom. The molecule has 2 unspecified atom stereocenters. The third kappa shape index (κ3) is 1.87. The molecule has 0 spiro atoms. The van der Waals surface area contributed by atoms with Gasteiger partial charge in [0.2, 0.25) is 0 Å². The third-order valence-corrected chi connectivity index (χ3v) is 5.27. The molecule has 1 heterocycles. The zero-order chi connectivity index (χ0) is 14.2. The van der Waals surface area contributed by atoms with Crippen molar-refractivity contribution in [1.29, 1.82) is 5.26 Å². The van der Waals surface area contributed by atoms with Crippen LogP contribution in [0.5, 0.6) is 0 Å². The number of benzene rings is 1. The number of hydrogen-bond donors (Lipinski definition) is 1. The summed E-state index contributed by atoms with van der Waals surface area (Å²) < 4.78 is 0. The average Bonchev–Trinajstić information content (AvgIpc) is 2.76. The van der Waals surface area contributed by atoms with Crippen LogP contribution >= 0.6 is 0 Å². The Labute approximate surface area is 120 Å². The monoisotopic (exact) mass is 270 g/mol. The van der Waals surface area contributed by atoms with E-state index in [1.807, 2.05) is 18.2 Å². The molecule has 2 atom stereocenters. The smallest absolute Gasteiger partial charge is 0.111 e. The molecule has 20 heavy (non-hydrogen) atoms. The van der Waals surface area contributed by atoms with Crippen LogP contribution in [0.25, 0.3) is 0 Å². The van der Waals surface area contributed by atoms with E-state index in [2.05, 4.69) is 24.1 Å². The van der Waals surface area contributed by atoms with E-state index in [1.165, 1.54) is 5.56 Å². The maximum Gasteiger partial charge on any atom is 0.111 e. The van der Waals surface area contributed by atoms with E-state index >= 15 is 0 Å². The van der Waals surface area contributed by atoms with E-state index in [1.54, 1.807) is 0 Å². The highest BCUT2D eigenvalue weighted by atomic mass is 16.3. The molecule has 1 fully saturated rings. The molecular weight excluding hydrogens is 248 g/mol. The number of nitrogens with zero attached hydrogens (tertiary/aromatic N) is 2. The Morgan fingerprint density at radius 1 is 1.20 bits per heavy atom. The largest absolute Gasteiger partial charge is 0.388 e. The van der Waals surface area contributed by atoms with Crippen LogP contribution in [0.2, 0.25) is 0 Å². The van der Waals surface area contributed by atoms with E-state index < -0.39 is 11.0 Å². The lowest BCUT2D eigenvalue weighted by Crippen LogP contribution is -2.50. The summed E-state index contributed by atoms with van der Waals surface area (Å²) in [7, 11) is 2.09. The van der Waals surface area contributed by atoms with E-state index in [0.717, 1.165) is 44.3 Å². The van der Waals surface area contributed by atoms with Crippen molar-refractivity contribution in [3.63, 3.8) is 0 Å². The zero-order valence-corrected chi connectivity index (χ0v) is 12.1. The fourth-order valence-corrected chi connectivity index (χ4v) is 4.00. The summed E-state index contributed by atoms with van der Waals surface area (Å²) >= 11 is 0. The Morgan fingerprint density at radius 3 is 2.80 bits per heavy atom. The lowest BCUT2D eigenvalue weighted by molar-refractivity contribution is -0.0292. The second kappa shape index (κ2) is 4.87. The van der Waals surface area contributed by atoms with Crippen LogP contribution < -0.4 is 0 Å². The molecule has 0 saturated carbocycles. The minimum absolute atomic E-state index is 0.686. The van der Waals surface area contributed by atoms with Gasteiger partial charge < -0.3 is 10.0 Å². The van der Waals surface area contributed by atoms with Crippen molar-refractivity contribution in [2.24, 2.45) is 0 Å². The number of hydrogen-bond acceptors (Lipinski definition) is 3. The minimum atomic E-state index is -0.890. The summed E-state index contributed by atoms with van der Waals surface area (Å²) in [6, 6.07) is 10.7. The predicted octanol–water partition coefficient (Wildman–Crippen LogP) is 2.24. The number of aliphatic hydroxyl groups is 1. The second-order valence-corrected chi connectivity index (χ2v) is 6.36. The van der Waals surface area contributed by atoms with E-state index in [4.69, 9.17) is 0 Å². The Bertz CT molecular complexity index is 550. The summed E-state index contributed by atoms with van der Waals surface area (Å²) in [5, 5.41) is 21.2. The van der Waals surface area contributed by atoms with Gasteiger partial charge in [0.15, 0.2) is 0 Å².